The summed E-state index contributed by atoms with van der Waals surface area (Å²) >= 11 is 0. The highest BCUT2D eigenvalue weighted by Crippen LogP contribution is 2.21. The second kappa shape index (κ2) is 13.3. The van der Waals surface area contributed by atoms with E-state index in [9.17, 15) is 0 Å². The Bertz CT molecular complexity index is 906. The molecule has 7 heteroatoms. The first kappa shape index (κ1) is 27.6. The molecular weight excluding hydrogens is 523 g/mol. The third-order valence-electron chi connectivity index (χ3n) is 6.74. The van der Waals surface area contributed by atoms with Crippen LogP contribution in [0.5, 0.6) is 0 Å². The SMILES string of the molecule is CCNC(=NCc1ccccc1CN1CCCCC1C)NC(C)Cc1c(C)nn(C)c1C.I. The molecule has 2 N–H and O–H groups in total. The molecule has 0 saturated carbocycles. The van der Waals surface area contributed by atoms with Crippen LogP contribution in [0.15, 0.2) is 29.3 Å². The lowest BCUT2D eigenvalue weighted by atomic mass is 10.0. The molecular formula is C26H43IN6. The van der Waals surface area contributed by atoms with E-state index in [1.54, 1.807) is 0 Å². The van der Waals surface area contributed by atoms with Crippen molar-refractivity contribution in [3.05, 3.63) is 52.3 Å². The van der Waals surface area contributed by atoms with Crippen molar-refractivity contribution in [1.82, 2.24) is 25.3 Å². The summed E-state index contributed by atoms with van der Waals surface area (Å²) in [5.41, 5.74) is 6.38. The minimum Gasteiger partial charge on any atom is -0.357 e. The molecule has 0 bridgehead atoms. The molecule has 0 radical (unpaired) electrons. The summed E-state index contributed by atoms with van der Waals surface area (Å²) in [7, 11) is 2.01. The van der Waals surface area contributed by atoms with Crippen LogP contribution in [0.3, 0.4) is 0 Å². The molecule has 1 fully saturated rings. The van der Waals surface area contributed by atoms with Gasteiger partial charge in [-0.1, -0.05) is 30.7 Å². The van der Waals surface area contributed by atoms with Gasteiger partial charge in [0.15, 0.2) is 5.96 Å². The summed E-state index contributed by atoms with van der Waals surface area (Å²) in [5.74, 6) is 0.875. The molecule has 2 atom stereocenters. The van der Waals surface area contributed by atoms with Gasteiger partial charge in [-0.3, -0.25) is 9.58 Å². The second-order valence-electron chi connectivity index (χ2n) is 9.30. The lowest BCUT2D eigenvalue weighted by molar-refractivity contribution is 0.152. The van der Waals surface area contributed by atoms with Crippen LogP contribution in [0.2, 0.25) is 0 Å². The number of benzene rings is 1. The highest BCUT2D eigenvalue weighted by atomic mass is 127. The molecule has 1 aliphatic heterocycles. The summed E-state index contributed by atoms with van der Waals surface area (Å²) in [5, 5.41) is 11.6. The molecule has 1 aromatic heterocycles. The van der Waals surface area contributed by atoms with E-state index in [-0.39, 0.29) is 30.0 Å². The fourth-order valence-electron chi connectivity index (χ4n) is 4.67. The fraction of sp³-hybridized carbons (Fsp3) is 0.615. The van der Waals surface area contributed by atoms with Crippen LogP contribution < -0.4 is 10.6 Å². The number of aliphatic imine (C=N–C) groups is 1. The number of nitrogens with one attached hydrogen (secondary N) is 2. The lowest BCUT2D eigenvalue weighted by Gasteiger charge is -2.33. The first-order valence-corrected chi connectivity index (χ1v) is 12.2. The molecule has 2 aromatic rings. The first-order chi connectivity index (χ1) is 15.4. The van der Waals surface area contributed by atoms with Gasteiger partial charge in [0.05, 0.1) is 12.2 Å². The number of likely N-dealkylation sites (tertiary alicyclic amines) is 1. The van der Waals surface area contributed by atoms with E-state index in [2.05, 4.69) is 79.5 Å². The maximum Gasteiger partial charge on any atom is 0.191 e. The number of halogens is 1. The number of aromatic nitrogens is 2. The molecule has 0 spiro atoms. The van der Waals surface area contributed by atoms with Crippen LogP contribution in [0.1, 0.15) is 68.1 Å². The normalized spacial score (nSPS) is 18.0. The topological polar surface area (TPSA) is 57.5 Å². The summed E-state index contributed by atoms with van der Waals surface area (Å²) in [4.78, 5) is 7.56. The Balaban J connectivity index is 0.00000385. The fourth-order valence-corrected chi connectivity index (χ4v) is 4.67. The molecule has 0 amide bonds. The zero-order valence-electron chi connectivity index (χ0n) is 21.3. The van der Waals surface area contributed by atoms with Crippen molar-refractivity contribution in [2.75, 3.05) is 13.1 Å². The molecule has 0 aliphatic carbocycles. The number of rotatable bonds is 8. The number of guanidine groups is 1. The standard InChI is InChI=1S/C26H42N6.HI/c1-7-27-26(29-19(2)16-25-21(4)30-31(6)22(25)5)28-17-23-13-8-9-14-24(23)18-32-15-11-10-12-20(32)3;/h8-9,13-14,19-20H,7,10-12,15-18H2,1-6H3,(H2,27,28,29);1H. The quantitative estimate of drug-likeness (QED) is 0.276. The van der Waals surface area contributed by atoms with Gasteiger partial charge in [0.25, 0.3) is 0 Å². The van der Waals surface area contributed by atoms with Gasteiger partial charge in [-0.15, -0.1) is 24.0 Å². The van der Waals surface area contributed by atoms with Crippen molar-refractivity contribution in [3.63, 3.8) is 0 Å². The zero-order chi connectivity index (χ0) is 23.1. The molecule has 33 heavy (non-hydrogen) atoms. The van der Waals surface area contributed by atoms with Crippen molar-refractivity contribution in [3.8, 4) is 0 Å². The van der Waals surface area contributed by atoms with Gasteiger partial charge < -0.3 is 10.6 Å². The van der Waals surface area contributed by atoms with Gasteiger partial charge in [0.1, 0.15) is 0 Å². The van der Waals surface area contributed by atoms with E-state index in [0.717, 1.165) is 31.2 Å². The summed E-state index contributed by atoms with van der Waals surface area (Å²) in [6, 6.07) is 9.70. The number of nitrogens with zero attached hydrogens (tertiary/aromatic N) is 4. The molecule has 1 aliphatic rings. The molecule has 3 rings (SSSR count). The van der Waals surface area contributed by atoms with Gasteiger partial charge in [0, 0.05) is 37.9 Å². The zero-order valence-corrected chi connectivity index (χ0v) is 23.6. The van der Waals surface area contributed by atoms with Crippen LogP contribution >= 0.6 is 24.0 Å². The highest BCUT2D eigenvalue weighted by Gasteiger charge is 2.19. The second-order valence-corrected chi connectivity index (χ2v) is 9.30. The third kappa shape index (κ3) is 7.70. The average molecular weight is 567 g/mol. The van der Waals surface area contributed by atoms with E-state index < -0.39 is 0 Å². The highest BCUT2D eigenvalue weighted by molar-refractivity contribution is 14.0. The van der Waals surface area contributed by atoms with Crippen LogP contribution in [-0.4, -0.2) is 45.8 Å². The number of hydrogen-bond acceptors (Lipinski definition) is 3. The first-order valence-electron chi connectivity index (χ1n) is 12.2. The van der Waals surface area contributed by atoms with Crippen LogP contribution in [0, 0.1) is 13.8 Å². The summed E-state index contributed by atoms with van der Waals surface area (Å²) in [6.45, 7) is 14.7. The van der Waals surface area contributed by atoms with Crippen molar-refractivity contribution in [1.29, 1.82) is 0 Å². The lowest BCUT2D eigenvalue weighted by Crippen LogP contribution is -2.43. The summed E-state index contributed by atoms with van der Waals surface area (Å²) < 4.78 is 1.97. The molecule has 2 heterocycles. The van der Waals surface area contributed by atoms with Crippen molar-refractivity contribution in [2.45, 2.75) is 85.5 Å². The Morgan fingerprint density at radius 1 is 1.21 bits per heavy atom. The van der Waals surface area contributed by atoms with Gasteiger partial charge in [-0.2, -0.15) is 5.10 Å². The Morgan fingerprint density at radius 3 is 2.58 bits per heavy atom. The molecule has 1 aromatic carbocycles. The van der Waals surface area contributed by atoms with Gasteiger partial charge in [0.2, 0.25) is 0 Å². The largest absolute Gasteiger partial charge is 0.357 e. The van der Waals surface area contributed by atoms with Crippen molar-refractivity contribution in [2.24, 2.45) is 12.0 Å². The van der Waals surface area contributed by atoms with E-state index in [4.69, 9.17) is 4.99 Å². The maximum atomic E-state index is 4.94. The number of piperidine rings is 1. The smallest absolute Gasteiger partial charge is 0.191 e. The van der Waals surface area contributed by atoms with Crippen LogP contribution in [0.25, 0.3) is 0 Å². The minimum atomic E-state index is 0. The predicted octanol–water partition coefficient (Wildman–Crippen LogP) is 4.72. The Kier molecular flexibility index (Phi) is 11.2. The van der Waals surface area contributed by atoms with Crippen molar-refractivity contribution >= 4 is 29.9 Å². The van der Waals surface area contributed by atoms with E-state index in [0.29, 0.717) is 12.6 Å². The van der Waals surface area contributed by atoms with E-state index >= 15 is 0 Å². The van der Waals surface area contributed by atoms with Crippen molar-refractivity contribution < 1.29 is 0 Å². The van der Waals surface area contributed by atoms with Crippen LogP contribution in [0.4, 0.5) is 0 Å². The molecule has 6 nitrogen and oxygen atoms in total. The monoisotopic (exact) mass is 566 g/mol. The molecule has 184 valence electrons. The van der Waals surface area contributed by atoms with E-state index in [1.165, 1.54) is 48.2 Å². The van der Waals surface area contributed by atoms with Gasteiger partial charge in [-0.05, 0) is 77.1 Å². The van der Waals surface area contributed by atoms with Gasteiger partial charge >= 0.3 is 0 Å². The van der Waals surface area contributed by atoms with Crippen LogP contribution in [-0.2, 0) is 26.6 Å². The molecule has 2 unspecified atom stereocenters. The Morgan fingerprint density at radius 2 is 1.94 bits per heavy atom. The number of hydrogen-bond donors (Lipinski definition) is 2. The number of aryl methyl sites for hydroxylation is 2. The maximum absolute atomic E-state index is 4.94. The van der Waals surface area contributed by atoms with E-state index in [1.807, 2.05) is 11.7 Å². The third-order valence-corrected chi connectivity index (χ3v) is 6.74. The predicted molar refractivity (Wildman–Crippen MR) is 149 cm³/mol. The Labute approximate surface area is 217 Å². The Hall–Kier alpha value is -1.61. The van der Waals surface area contributed by atoms with Gasteiger partial charge in [-0.25, -0.2) is 4.99 Å². The average Bonchev–Trinajstić information content (AvgIpc) is 3.00. The summed E-state index contributed by atoms with van der Waals surface area (Å²) in [6.07, 6.45) is 4.91. The minimum absolute atomic E-state index is 0. The molecule has 1 saturated heterocycles.